The molecule has 0 aromatic heterocycles. The molecule has 144 valence electrons. The smallest absolute Gasteiger partial charge is 0.338 e. The molecule has 0 heterocycles. The monoisotopic (exact) mass is 465 g/mol. The van der Waals surface area contributed by atoms with Crippen LogP contribution in [0.1, 0.15) is 40.7 Å². The lowest BCUT2D eigenvalue weighted by Gasteiger charge is -2.04. The molecule has 0 aliphatic rings. The standard InChI is InChI=1S/C9H8BrClO2.C9H9ClO2.CH4.H2/c1-13-9(12)8-3-2-7(11)4-6(8)5-10;1-6-5-7(10)3-4-8(6)9(11)12-2;;/h2-4H,5H2,1H3;3-5H,1-2H3;1H4;1H/i;;;1+1. The number of carbonyl (C=O) groups excluding carboxylic acids is 2. The van der Waals surface area contributed by atoms with Crippen LogP contribution in [-0.4, -0.2) is 26.2 Å². The summed E-state index contributed by atoms with van der Waals surface area (Å²) in [5, 5.41) is 1.82. The molecule has 0 N–H and O–H groups in total. The Morgan fingerprint density at radius 3 is 1.88 bits per heavy atom. The Balaban J connectivity index is 0. The van der Waals surface area contributed by atoms with Gasteiger partial charge in [-0.15, -0.1) is 0 Å². The second kappa shape index (κ2) is 11.9. The predicted octanol–water partition coefficient (Wildman–Crippen LogP) is 6.34. The van der Waals surface area contributed by atoms with Crippen molar-refractivity contribution in [3.05, 3.63) is 68.7 Å². The Kier molecular flexibility index (Phi) is 11.2. The van der Waals surface area contributed by atoms with Crippen LogP contribution in [0.25, 0.3) is 0 Å². The molecule has 0 bridgehead atoms. The summed E-state index contributed by atoms with van der Waals surface area (Å²) in [6, 6.07) is 10.1. The molecule has 0 saturated heterocycles. The maximum absolute atomic E-state index is 11.2. The normalized spacial score (nSPS) is 9.31. The van der Waals surface area contributed by atoms with Gasteiger partial charge in [-0.1, -0.05) is 46.6 Å². The molecule has 2 rings (SSSR count). The molecule has 0 amide bonds. The summed E-state index contributed by atoms with van der Waals surface area (Å²) in [6.07, 6.45) is 0. The van der Waals surface area contributed by atoms with Gasteiger partial charge in [0.1, 0.15) is 0 Å². The zero-order chi connectivity index (χ0) is 19.0. The number of hydrogen-bond acceptors (Lipinski definition) is 4. The molecular weight excluding hydrogens is 443 g/mol. The van der Waals surface area contributed by atoms with Crippen LogP contribution in [0.2, 0.25) is 10.0 Å². The Hall–Kier alpha value is -1.56. The van der Waals surface area contributed by atoms with Crippen molar-refractivity contribution in [3.63, 3.8) is 0 Å². The first-order chi connectivity index (χ1) is 11.8. The molecule has 0 saturated carbocycles. The van der Waals surface area contributed by atoms with Crippen molar-refractivity contribution < 1.29 is 20.5 Å². The highest BCUT2D eigenvalue weighted by Gasteiger charge is 2.10. The van der Waals surface area contributed by atoms with Crippen molar-refractivity contribution >= 4 is 51.1 Å². The number of methoxy groups -OCH3 is 2. The molecule has 2 aromatic carbocycles. The van der Waals surface area contributed by atoms with E-state index in [0.717, 1.165) is 11.1 Å². The van der Waals surface area contributed by atoms with Crippen LogP contribution in [0.15, 0.2) is 36.4 Å². The molecule has 26 heavy (non-hydrogen) atoms. The van der Waals surface area contributed by atoms with Gasteiger partial charge >= 0.3 is 11.9 Å². The lowest BCUT2D eigenvalue weighted by Crippen LogP contribution is -2.04. The van der Waals surface area contributed by atoms with Gasteiger partial charge in [-0.3, -0.25) is 0 Å². The number of rotatable bonds is 3. The minimum atomic E-state index is -0.342. The number of halogens is 3. The van der Waals surface area contributed by atoms with E-state index in [9.17, 15) is 9.59 Å². The Bertz CT molecular complexity index is 769. The van der Waals surface area contributed by atoms with Crippen molar-refractivity contribution in [1.29, 1.82) is 0 Å². The quantitative estimate of drug-likeness (QED) is 0.391. The maximum atomic E-state index is 11.2. The van der Waals surface area contributed by atoms with Gasteiger partial charge in [0, 0.05) is 16.8 Å². The molecule has 0 aliphatic heterocycles. The fourth-order valence-electron chi connectivity index (χ4n) is 1.95. The number of benzene rings is 2. The van der Waals surface area contributed by atoms with E-state index < -0.39 is 0 Å². The summed E-state index contributed by atoms with van der Waals surface area (Å²) >= 11 is 14.8. The number of hydrogen-bond donors (Lipinski definition) is 0. The highest BCUT2D eigenvalue weighted by Crippen LogP contribution is 2.19. The second-order valence-corrected chi connectivity index (χ2v) is 6.31. The van der Waals surface area contributed by atoms with Crippen molar-refractivity contribution in [2.24, 2.45) is 0 Å². The van der Waals surface area contributed by atoms with Crippen molar-refractivity contribution in [1.82, 2.24) is 0 Å². The Morgan fingerprint density at radius 2 is 1.42 bits per heavy atom. The first kappa shape index (κ1) is 24.4. The highest BCUT2D eigenvalue weighted by atomic mass is 79.9. The van der Waals surface area contributed by atoms with E-state index in [1.165, 1.54) is 14.2 Å². The van der Waals surface area contributed by atoms with Crippen LogP contribution in [-0.2, 0) is 14.8 Å². The van der Waals surface area contributed by atoms with E-state index in [-0.39, 0.29) is 20.8 Å². The zero-order valence-corrected chi connectivity index (χ0v) is 17.0. The number of aryl methyl sites for hydroxylation is 1. The average Bonchev–Trinajstić information content (AvgIpc) is 2.60. The third kappa shape index (κ3) is 6.98. The van der Waals surface area contributed by atoms with Crippen molar-refractivity contribution in [2.45, 2.75) is 19.7 Å². The average molecular weight is 467 g/mol. The predicted molar refractivity (Wildman–Crippen MR) is 112 cm³/mol. The number of alkyl halides is 1. The third-order valence-corrected chi connectivity index (χ3v) is 4.28. The second-order valence-electron chi connectivity index (χ2n) is 4.88. The number of carbonyl (C=O) groups is 2. The van der Waals surface area contributed by atoms with Gasteiger partial charge in [-0.2, -0.15) is 0 Å². The van der Waals surface area contributed by atoms with Crippen LogP contribution in [0.3, 0.4) is 0 Å². The van der Waals surface area contributed by atoms with E-state index in [1.54, 1.807) is 36.4 Å². The highest BCUT2D eigenvalue weighted by molar-refractivity contribution is 9.08. The summed E-state index contributed by atoms with van der Waals surface area (Å²) in [4.78, 5) is 22.3. The fourth-order valence-corrected chi connectivity index (χ4v) is 2.83. The fraction of sp³-hybridized carbons (Fsp3) is 0.263. The van der Waals surface area contributed by atoms with E-state index in [2.05, 4.69) is 25.4 Å². The van der Waals surface area contributed by atoms with Crippen LogP contribution in [0.5, 0.6) is 0 Å². The zero-order valence-electron chi connectivity index (χ0n) is 13.9. The van der Waals surface area contributed by atoms with Crippen LogP contribution in [0, 0.1) is 6.92 Å². The minimum absolute atomic E-state index is 0. The molecule has 0 spiro atoms. The minimum Gasteiger partial charge on any atom is -0.465 e. The van der Waals surface area contributed by atoms with E-state index in [1.807, 2.05) is 6.92 Å². The molecule has 0 unspecified atom stereocenters. The number of ether oxygens (including phenoxy) is 2. The van der Waals surface area contributed by atoms with E-state index in [0.29, 0.717) is 26.5 Å². The largest absolute Gasteiger partial charge is 0.465 e. The third-order valence-electron chi connectivity index (χ3n) is 3.21. The Morgan fingerprint density at radius 1 is 0.962 bits per heavy atom. The summed E-state index contributed by atoms with van der Waals surface area (Å²) < 4.78 is 9.19. The van der Waals surface area contributed by atoms with Gasteiger partial charge in [0.2, 0.25) is 0 Å². The van der Waals surface area contributed by atoms with Gasteiger partial charge in [0.05, 0.1) is 25.3 Å². The molecule has 7 heteroatoms. The van der Waals surface area contributed by atoms with Crippen molar-refractivity contribution in [3.8, 4) is 0 Å². The Labute approximate surface area is 174 Å². The van der Waals surface area contributed by atoms with Crippen LogP contribution >= 0.6 is 39.1 Å². The lowest BCUT2D eigenvalue weighted by atomic mass is 10.1. The van der Waals surface area contributed by atoms with E-state index in [4.69, 9.17) is 23.2 Å². The van der Waals surface area contributed by atoms with E-state index >= 15 is 0 Å². The molecular formula is C19H23BrCl2O4. The van der Waals surface area contributed by atoms with Gasteiger partial charge < -0.3 is 9.47 Å². The summed E-state index contributed by atoms with van der Waals surface area (Å²) in [5.74, 6) is -0.671. The van der Waals surface area contributed by atoms with Gasteiger partial charge in [-0.25, -0.2) is 9.59 Å². The summed E-state index contributed by atoms with van der Waals surface area (Å²) in [5.41, 5.74) is 2.76. The molecule has 4 nitrogen and oxygen atoms in total. The molecule has 0 radical (unpaired) electrons. The summed E-state index contributed by atoms with van der Waals surface area (Å²) in [6.45, 7) is 1.82. The molecule has 2 aromatic rings. The first-order valence-electron chi connectivity index (χ1n) is 7.11. The van der Waals surface area contributed by atoms with Crippen molar-refractivity contribution in [2.75, 3.05) is 14.2 Å². The van der Waals surface area contributed by atoms with Gasteiger partial charge in [0.15, 0.2) is 0 Å². The van der Waals surface area contributed by atoms with Gasteiger partial charge in [0.25, 0.3) is 0 Å². The van der Waals surface area contributed by atoms with Gasteiger partial charge in [-0.05, 0) is 54.4 Å². The van der Waals surface area contributed by atoms with Crippen LogP contribution in [0.4, 0.5) is 0 Å². The molecule has 0 aliphatic carbocycles. The molecule has 0 atom stereocenters. The molecule has 0 fully saturated rings. The maximum Gasteiger partial charge on any atom is 0.338 e. The number of esters is 2. The summed E-state index contributed by atoms with van der Waals surface area (Å²) in [7, 11) is 2.71. The SMILES string of the molecule is C.COC(=O)c1ccc(Cl)cc1C.COC(=O)c1ccc(Cl)cc1CBr.[2HH]. The van der Waals surface area contributed by atoms with Crippen LogP contribution < -0.4 is 0 Å². The first-order valence-corrected chi connectivity index (χ1v) is 8.99. The topological polar surface area (TPSA) is 52.6 Å². The lowest BCUT2D eigenvalue weighted by molar-refractivity contribution is 0.0591.